The Balaban J connectivity index is 1.09. The maximum absolute atomic E-state index is 6.17. The molecule has 234 valence electrons. The zero-order valence-corrected chi connectivity index (χ0v) is 27.3. The van der Waals surface area contributed by atoms with Gasteiger partial charge in [0.2, 0.25) is 0 Å². The van der Waals surface area contributed by atoms with E-state index in [0.29, 0.717) is 0 Å². The van der Waals surface area contributed by atoms with Crippen molar-refractivity contribution in [1.29, 1.82) is 0 Å². The minimum atomic E-state index is 0.915. The van der Waals surface area contributed by atoms with Crippen molar-refractivity contribution in [3.63, 3.8) is 0 Å². The number of rotatable bonds is 5. The number of furan rings is 1. The van der Waals surface area contributed by atoms with Crippen LogP contribution >= 0.6 is 0 Å². The van der Waals surface area contributed by atoms with Crippen LogP contribution in [0.4, 0.5) is 0 Å². The van der Waals surface area contributed by atoms with Crippen LogP contribution in [0.2, 0.25) is 0 Å². The van der Waals surface area contributed by atoms with Crippen LogP contribution in [0, 0.1) is 0 Å². The number of para-hydroxylation sites is 1. The molecule has 10 rings (SSSR count). The summed E-state index contributed by atoms with van der Waals surface area (Å²) < 4.78 is 8.59. The van der Waals surface area contributed by atoms with E-state index in [1.165, 1.54) is 66.3 Å². The molecule has 0 aliphatic rings. The van der Waals surface area contributed by atoms with E-state index in [4.69, 9.17) is 4.42 Å². The van der Waals surface area contributed by atoms with E-state index in [2.05, 4.69) is 180 Å². The number of hydrogen-bond donors (Lipinski definition) is 0. The standard InChI is InChI=1S/C48H31NO/c1-3-11-32(12-4-1)37-25-27-44-42(30-37)43-31-38(33-13-5-2-6-14-33)26-28-45(43)49(44)39-16-9-15-36(29-39)34-21-23-35(24-22-34)40-18-10-20-47-48(40)41-17-7-8-19-46(41)50-47/h1-31H. The first-order valence-electron chi connectivity index (χ1n) is 17.1. The van der Waals surface area contributed by atoms with Gasteiger partial charge in [0, 0.05) is 27.2 Å². The van der Waals surface area contributed by atoms with Crippen LogP contribution in [0.5, 0.6) is 0 Å². The van der Waals surface area contributed by atoms with Gasteiger partial charge < -0.3 is 8.98 Å². The van der Waals surface area contributed by atoms with Gasteiger partial charge in [-0.15, -0.1) is 0 Å². The number of aromatic nitrogens is 1. The van der Waals surface area contributed by atoms with Crippen LogP contribution in [0.1, 0.15) is 0 Å². The summed E-state index contributed by atoms with van der Waals surface area (Å²) in [5.74, 6) is 0. The Hall–Kier alpha value is -6.64. The van der Waals surface area contributed by atoms with Crippen molar-refractivity contribution < 1.29 is 4.42 Å². The molecule has 0 atom stereocenters. The number of benzene rings is 8. The molecule has 0 aliphatic carbocycles. The zero-order chi connectivity index (χ0) is 33.0. The summed E-state index contributed by atoms with van der Waals surface area (Å²) in [6.45, 7) is 0. The summed E-state index contributed by atoms with van der Waals surface area (Å²) >= 11 is 0. The molecule has 2 aromatic heterocycles. The molecule has 0 saturated carbocycles. The van der Waals surface area contributed by atoms with Crippen LogP contribution in [0.3, 0.4) is 0 Å². The van der Waals surface area contributed by atoms with E-state index in [0.717, 1.165) is 27.6 Å². The van der Waals surface area contributed by atoms with E-state index < -0.39 is 0 Å². The highest BCUT2D eigenvalue weighted by atomic mass is 16.3. The van der Waals surface area contributed by atoms with E-state index in [1.807, 2.05) is 12.1 Å². The predicted molar refractivity (Wildman–Crippen MR) is 210 cm³/mol. The van der Waals surface area contributed by atoms with Crippen molar-refractivity contribution in [3.8, 4) is 50.2 Å². The van der Waals surface area contributed by atoms with Gasteiger partial charge >= 0.3 is 0 Å². The summed E-state index contributed by atoms with van der Waals surface area (Å²) in [6.07, 6.45) is 0. The molecular weight excluding hydrogens is 607 g/mol. The number of fused-ring (bicyclic) bond motifs is 6. The largest absolute Gasteiger partial charge is 0.456 e. The summed E-state index contributed by atoms with van der Waals surface area (Å²) in [5.41, 5.74) is 14.9. The average Bonchev–Trinajstić information content (AvgIpc) is 3.74. The Morgan fingerprint density at radius 3 is 1.50 bits per heavy atom. The lowest BCUT2D eigenvalue weighted by Gasteiger charge is -2.12. The van der Waals surface area contributed by atoms with Gasteiger partial charge in [-0.25, -0.2) is 0 Å². The zero-order valence-electron chi connectivity index (χ0n) is 27.3. The predicted octanol–water partition coefficient (Wildman–Crippen LogP) is 13.4. The number of hydrogen-bond acceptors (Lipinski definition) is 1. The third kappa shape index (κ3) is 4.65. The second-order valence-corrected chi connectivity index (χ2v) is 12.9. The molecule has 0 amide bonds. The molecular formula is C48H31NO. The van der Waals surface area contributed by atoms with Gasteiger partial charge in [0.15, 0.2) is 0 Å². The van der Waals surface area contributed by atoms with Gasteiger partial charge in [-0.3, -0.25) is 0 Å². The first-order chi connectivity index (χ1) is 24.8. The monoisotopic (exact) mass is 637 g/mol. The first kappa shape index (κ1) is 28.4. The maximum Gasteiger partial charge on any atom is 0.136 e. The molecule has 10 aromatic rings. The number of nitrogens with zero attached hydrogens (tertiary/aromatic N) is 1. The summed E-state index contributed by atoms with van der Waals surface area (Å²) in [6, 6.07) is 67.5. The van der Waals surface area contributed by atoms with Gasteiger partial charge in [0.1, 0.15) is 11.2 Å². The molecule has 8 aromatic carbocycles. The second kappa shape index (κ2) is 11.5. The van der Waals surface area contributed by atoms with Crippen LogP contribution in [0.15, 0.2) is 192 Å². The van der Waals surface area contributed by atoms with Crippen molar-refractivity contribution in [2.45, 2.75) is 0 Å². The molecule has 0 fully saturated rings. The minimum Gasteiger partial charge on any atom is -0.456 e. The lowest BCUT2D eigenvalue weighted by molar-refractivity contribution is 0.669. The lowest BCUT2D eigenvalue weighted by atomic mass is 9.97. The lowest BCUT2D eigenvalue weighted by Crippen LogP contribution is -1.94. The third-order valence-electron chi connectivity index (χ3n) is 10.0. The molecule has 0 spiro atoms. The second-order valence-electron chi connectivity index (χ2n) is 12.9. The fraction of sp³-hybridized carbons (Fsp3) is 0. The van der Waals surface area contributed by atoms with Crippen molar-refractivity contribution >= 4 is 43.7 Å². The van der Waals surface area contributed by atoms with E-state index in [-0.39, 0.29) is 0 Å². The molecule has 2 nitrogen and oxygen atoms in total. The maximum atomic E-state index is 6.17. The van der Waals surface area contributed by atoms with Gasteiger partial charge in [0.25, 0.3) is 0 Å². The van der Waals surface area contributed by atoms with Crippen LogP contribution in [-0.4, -0.2) is 4.57 Å². The Kier molecular flexibility index (Phi) is 6.53. The fourth-order valence-corrected chi connectivity index (χ4v) is 7.60. The molecule has 0 aliphatic heterocycles. The van der Waals surface area contributed by atoms with Gasteiger partial charge in [-0.05, 0) is 93.0 Å². The van der Waals surface area contributed by atoms with Crippen LogP contribution in [0.25, 0.3) is 93.9 Å². The van der Waals surface area contributed by atoms with Crippen molar-refractivity contribution in [3.05, 3.63) is 188 Å². The molecule has 0 radical (unpaired) electrons. The van der Waals surface area contributed by atoms with Gasteiger partial charge in [-0.2, -0.15) is 0 Å². The average molecular weight is 638 g/mol. The third-order valence-corrected chi connectivity index (χ3v) is 10.0. The van der Waals surface area contributed by atoms with Crippen molar-refractivity contribution in [2.24, 2.45) is 0 Å². The summed E-state index contributed by atoms with van der Waals surface area (Å²) in [7, 11) is 0. The fourth-order valence-electron chi connectivity index (χ4n) is 7.60. The normalized spacial score (nSPS) is 11.6. The molecule has 0 N–H and O–H groups in total. The Bertz CT molecular complexity index is 2740. The van der Waals surface area contributed by atoms with Crippen molar-refractivity contribution in [2.75, 3.05) is 0 Å². The minimum absolute atomic E-state index is 0.915. The quantitative estimate of drug-likeness (QED) is 0.184. The Morgan fingerprint density at radius 2 is 0.820 bits per heavy atom. The SMILES string of the molecule is c1ccc(-c2ccc3c(c2)c2cc(-c4ccccc4)ccc2n3-c2cccc(-c3ccc(-c4cccc5oc6ccccc6c45)cc3)c2)cc1. The van der Waals surface area contributed by atoms with E-state index in [1.54, 1.807) is 0 Å². The topological polar surface area (TPSA) is 18.1 Å². The van der Waals surface area contributed by atoms with E-state index in [9.17, 15) is 0 Å². The highest BCUT2D eigenvalue weighted by Gasteiger charge is 2.16. The molecule has 0 unspecified atom stereocenters. The molecule has 0 saturated heterocycles. The van der Waals surface area contributed by atoms with Crippen molar-refractivity contribution in [1.82, 2.24) is 4.57 Å². The smallest absolute Gasteiger partial charge is 0.136 e. The molecule has 2 heteroatoms. The van der Waals surface area contributed by atoms with Gasteiger partial charge in [0.05, 0.1) is 11.0 Å². The van der Waals surface area contributed by atoms with Crippen LogP contribution < -0.4 is 0 Å². The molecule has 2 heterocycles. The highest BCUT2D eigenvalue weighted by molar-refractivity contribution is 6.13. The first-order valence-corrected chi connectivity index (χ1v) is 17.1. The summed E-state index contributed by atoms with van der Waals surface area (Å²) in [5, 5.41) is 4.80. The van der Waals surface area contributed by atoms with Gasteiger partial charge in [-0.1, -0.05) is 140 Å². The Morgan fingerprint density at radius 1 is 0.320 bits per heavy atom. The molecule has 50 heavy (non-hydrogen) atoms. The summed E-state index contributed by atoms with van der Waals surface area (Å²) in [4.78, 5) is 0. The van der Waals surface area contributed by atoms with Crippen LogP contribution in [-0.2, 0) is 0 Å². The van der Waals surface area contributed by atoms with E-state index >= 15 is 0 Å². The Labute approximate surface area is 290 Å². The highest BCUT2D eigenvalue weighted by Crippen LogP contribution is 2.39. The molecule has 0 bridgehead atoms.